The number of benzene rings is 1. The van der Waals surface area contributed by atoms with Crippen molar-refractivity contribution in [2.24, 2.45) is 0 Å². The Hall–Kier alpha value is -2.35. The molecule has 2 rings (SSSR count). The van der Waals surface area contributed by atoms with E-state index in [1.807, 2.05) is 6.92 Å². The Morgan fingerprint density at radius 2 is 2.13 bits per heavy atom. The lowest BCUT2D eigenvalue weighted by atomic mass is 10.1. The molecule has 1 atom stereocenters. The number of imide groups is 1. The van der Waals surface area contributed by atoms with E-state index in [1.165, 1.54) is 30.2 Å². The van der Waals surface area contributed by atoms with Crippen LogP contribution in [-0.4, -0.2) is 34.1 Å². The molecule has 8 heteroatoms. The molecular weight excluding hydrogens is 320 g/mol. The molecule has 0 N–H and O–H groups in total. The second-order valence-corrected chi connectivity index (χ2v) is 5.99. The van der Waals surface area contributed by atoms with Crippen molar-refractivity contribution in [3.63, 3.8) is 0 Å². The molecule has 0 unspecified atom stereocenters. The molecule has 0 radical (unpaired) electrons. The summed E-state index contributed by atoms with van der Waals surface area (Å²) >= 11 is 0.842. The Bertz CT molecular complexity index is 701. The van der Waals surface area contributed by atoms with Gasteiger partial charge in [0.1, 0.15) is 0 Å². The van der Waals surface area contributed by atoms with E-state index in [2.05, 4.69) is 0 Å². The molecule has 122 valence electrons. The fraction of sp³-hybridized carbons (Fsp3) is 0.333. The van der Waals surface area contributed by atoms with Crippen LogP contribution in [0.5, 0.6) is 5.75 Å². The van der Waals surface area contributed by atoms with Crippen LogP contribution < -0.4 is 4.74 Å². The zero-order valence-corrected chi connectivity index (χ0v) is 13.8. The second-order valence-electron chi connectivity index (χ2n) is 5.00. The van der Waals surface area contributed by atoms with E-state index in [0.29, 0.717) is 12.0 Å². The number of nitrogens with zero attached hydrogens (tertiary/aromatic N) is 2. The number of nitro groups is 1. The highest BCUT2D eigenvalue weighted by molar-refractivity contribution is 8.18. The van der Waals surface area contributed by atoms with Gasteiger partial charge in [-0.2, -0.15) is 0 Å². The van der Waals surface area contributed by atoms with E-state index < -0.39 is 4.92 Å². The Balaban J connectivity index is 2.36. The lowest BCUT2D eigenvalue weighted by Crippen LogP contribution is -2.36. The van der Waals surface area contributed by atoms with E-state index in [-0.39, 0.29) is 33.5 Å². The number of amides is 2. The number of ether oxygens (including phenoxy) is 1. The van der Waals surface area contributed by atoms with Crippen molar-refractivity contribution in [1.82, 2.24) is 4.90 Å². The normalized spacial score (nSPS) is 17.7. The van der Waals surface area contributed by atoms with Crippen molar-refractivity contribution in [2.45, 2.75) is 26.3 Å². The summed E-state index contributed by atoms with van der Waals surface area (Å²) in [5, 5.41) is 10.7. The van der Waals surface area contributed by atoms with Crippen molar-refractivity contribution in [3.8, 4) is 5.75 Å². The first-order chi connectivity index (χ1) is 10.9. The third kappa shape index (κ3) is 3.37. The summed E-state index contributed by atoms with van der Waals surface area (Å²) in [4.78, 5) is 36.2. The Labute approximate surface area is 137 Å². The van der Waals surface area contributed by atoms with Crippen LogP contribution in [-0.2, 0) is 4.79 Å². The molecular formula is C15H16N2O5S. The van der Waals surface area contributed by atoms with E-state index in [1.54, 1.807) is 13.0 Å². The Morgan fingerprint density at radius 3 is 2.70 bits per heavy atom. The maximum absolute atomic E-state index is 12.3. The minimum Gasteiger partial charge on any atom is -0.490 e. The summed E-state index contributed by atoms with van der Waals surface area (Å²) in [5.41, 5.74) is 0.273. The Morgan fingerprint density at radius 1 is 1.43 bits per heavy atom. The van der Waals surface area contributed by atoms with Gasteiger partial charge in [0.15, 0.2) is 5.75 Å². The predicted octanol–water partition coefficient (Wildman–Crippen LogP) is 3.44. The maximum atomic E-state index is 12.3. The predicted molar refractivity (Wildman–Crippen MR) is 87.2 cm³/mol. The minimum absolute atomic E-state index is 0.139. The monoisotopic (exact) mass is 336 g/mol. The van der Waals surface area contributed by atoms with Crippen LogP contribution in [0.15, 0.2) is 23.1 Å². The third-order valence-electron chi connectivity index (χ3n) is 3.55. The van der Waals surface area contributed by atoms with Gasteiger partial charge in [-0.3, -0.25) is 24.6 Å². The lowest BCUT2D eigenvalue weighted by Gasteiger charge is -2.19. The highest BCUT2D eigenvalue weighted by Crippen LogP contribution is 2.35. The standard InChI is InChI=1S/C15H16N2O5S/c1-4-9(2)16-14(18)13(23-15(16)19)8-10-5-6-12(22-3)11(7-10)17(20)21/h5-9H,4H2,1-3H3/b13-8+/t9-/m1/s1. The molecule has 0 saturated carbocycles. The fourth-order valence-electron chi connectivity index (χ4n) is 2.13. The summed E-state index contributed by atoms with van der Waals surface area (Å²) < 4.78 is 4.94. The summed E-state index contributed by atoms with van der Waals surface area (Å²) in [6.07, 6.45) is 2.15. The molecule has 1 aliphatic heterocycles. The van der Waals surface area contributed by atoms with E-state index >= 15 is 0 Å². The first kappa shape index (κ1) is 17.0. The molecule has 1 aromatic rings. The van der Waals surface area contributed by atoms with Crippen LogP contribution in [0, 0.1) is 10.1 Å². The molecule has 0 aliphatic carbocycles. The smallest absolute Gasteiger partial charge is 0.311 e. The van der Waals surface area contributed by atoms with Crippen LogP contribution in [0.1, 0.15) is 25.8 Å². The summed E-state index contributed by atoms with van der Waals surface area (Å²) in [7, 11) is 1.35. The SMILES string of the molecule is CC[C@@H](C)N1C(=O)S/C(=C/c2ccc(OC)c([N+](=O)[O-])c2)C1=O. The fourth-order valence-corrected chi connectivity index (χ4v) is 3.06. The first-order valence-electron chi connectivity index (χ1n) is 6.98. The number of thioether (sulfide) groups is 1. The molecule has 7 nitrogen and oxygen atoms in total. The number of carbonyl (C=O) groups is 2. The van der Waals surface area contributed by atoms with Gasteiger partial charge in [-0.25, -0.2) is 0 Å². The van der Waals surface area contributed by atoms with Crippen LogP contribution in [0.25, 0.3) is 6.08 Å². The van der Waals surface area contributed by atoms with Gasteiger partial charge in [-0.05, 0) is 42.8 Å². The number of hydrogen-bond acceptors (Lipinski definition) is 6. The zero-order valence-electron chi connectivity index (χ0n) is 12.9. The van der Waals surface area contributed by atoms with Gasteiger partial charge < -0.3 is 4.74 Å². The molecule has 23 heavy (non-hydrogen) atoms. The van der Waals surface area contributed by atoms with Gasteiger partial charge >= 0.3 is 5.69 Å². The van der Waals surface area contributed by atoms with Gasteiger partial charge in [-0.1, -0.05) is 13.0 Å². The summed E-state index contributed by atoms with van der Waals surface area (Å²) in [5.74, 6) is -0.229. The topological polar surface area (TPSA) is 89.8 Å². The number of nitro benzene ring substituents is 1. The second kappa shape index (κ2) is 6.82. The van der Waals surface area contributed by atoms with Gasteiger partial charge in [0.25, 0.3) is 11.1 Å². The van der Waals surface area contributed by atoms with Crippen LogP contribution >= 0.6 is 11.8 Å². The maximum Gasteiger partial charge on any atom is 0.311 e. The van der Waals surface area contributed by atoms with Gasteiger partial charge in [-0.15, -0.1) is 0 Å². The Kier molecular flexibility index (Phi) is 5.05. The van der Waals surface area contributed by atoms with E-state index in [4.69, 9.17) is 4.74 Å². The highest BCUT2D eigenvalue weighted by atomic mass is 32.2. The van der Waals surface area contributed by atoms with E-state index in [0.717, 1.165) is 11.8 Å². The lowest BCUT2D eigenvalue weighted by molar-refractivity contribution is -0.385. The van der Waals surface area contributed by atoms with Crippen molar-refractivity contribution < 1.29 is 19.2 Å². The molecule has 1 aliphatic rings. The highest BCUT2D eigenvalue weighted by Gasteiger charge is 2.37. The largest absolute Gasteiger partial charge is 0.490 e. The first-order valence-corrected chi connectivity index (χ1v) is 7.80. The average Bonchev–Trinajstić information content (AvgIpc) is 2.80. The number of carbonyl (C=O) groups excluding carboxylic acids is 2. The molecule has 0 aromatic heterocycles. The van der Waals surface area contributed by atoms with Crippen LogP contribution in [0.2, 0.25) is 0 Å². The van der Waals surface area contributed by atoms with Crippen molar-refractivity contribution >= 4 is 34.7 Å². The van der Waals surface area contributed by atoms with Gasteiger partial charge in [0, 0.05) is 12.1 Å². The number of hydrogen-bond donors (Lipinski definition) is 0. The van der Waals surface area contributed by atoms with Gasteiger partial charge in [0.2, 0.25) is 0 Å². The molecule has 1 heterocycles. The molecule has 1 aromatic carbocycles. The molecule has 0 bridgehead atoms. The minimum atomic E-state index is -0.554. The van der Waals surface area contributed by atoms with Crippen molar-refractivity contribution in [3.05, 3.63) is 38.8 Å². The number of rotatable bonds is 5. The van der Waals surface area contributed by atoms with Crippen molar-refractivity contribution in [1.29, 1.82) is 0 Å². The summed E-state index contributed by atoms with van der Waals surface area (Å²) in [6, 6.07) is 4.20. The van der Waals surface area contributed by atoms with Crippen molar-refractivity contribution in [2.75, 3.05) is 7.11 Å². The quantitative estimate of drug-likeness (QED) is 0.465. The zero-order chi connectivity index (χ0) is 17.1. The molecule has 1 fully saturated rings. The summed E-state index contributed by atoms with van der Waals surface area (Å²) in [6.45, 7) is 3.70. The van der Waals surface area contributed by atoms with Crippen LogP contribution in [0.3, 0.4) is 0 Å². The number of methoxy groups -OCH3 is 1. The molecule has 0 spiro atoms. The third-order valence-corrected chi connectivity index (χ3v) is 4.44. The average molecular weight is 336 g/mol. The molecule has 1 saturated heterocycles. The molecule has 2 amide bonds. The van der Waals surface area contributed by atoms with E-state index in [9.17, 15) is 19.7 Å². The van der Waals surface area contributed by atoms with Gasteiger partial charge in [0.05, 0.1) is 16.9 Å². The van der Waals surface area contributed by atoms with Crippen LogP contribution in [0.4, 0.5) is 10.5 Å².